The van der Waals surface area contributed by atoms with E-state index in [0.717, 1.165) is 0 Å². The van der Waals surface area contributed by atoms with E-state index in [-0.39, 0.29) is 48.7 Å². The zero-order valence-corrected chi connectivity index (χ0v) is 25.3. The SMILES string of the molecule is CC[C@@H]1[C@@H]2CN(C(=O)[C@H](C3(C)COC3)CC(=O)O[C@@H]3C[C@H]3CCCCC(F)(F)c3nc4ccc(OC)cc4nc3O2)[C@@H]1C=O. The van der Waals surface area contributed by atoms with Crippen LogP contribution in [0.5, 0.6) is 11.6 Å². The van der Waals surface area contributed by atoms with Gasteiger partial charge in [0.05, 0.1) is 56.3 Å². The Bertz CT molecular complexity index is 1430. The minimum atomic E-state index is -3.35. The minimum absolute atomic E-state index is 0.0310. The van der Waals surface area contributed by atoms with Gasteiger partial charge < -0.3 is 28.6 Å². The van der Waals surface area contributed by atoms with Gasteiger partial charge in [-0.05, 0) is 43.7 Å². The summed E-state index contributed by atoms with van der Waals surface area (Å²) >= 11 is 0. The lowest BCUT2D eigenvalue weighted by Crippen LogP contribution is -2.54. The molecule has 6 rings (SSSR count). The molecule has 44 heavy (non-hydrogen) atoms. The highest BCUT2D eigenvalue weighted by molar-refractivity contribution is 5.87. The number of fused-ring (bicyclic) bond motifs is 5. The van der Waals surface area contributed by atoms with E-state index in [4.69, 9.17) is 18.9 Å². The van der Waals surface area contributed by atoms with Gasteiger partial charge in [-0.25, -0.2) is 9.97 Å². The van der Waals surface area contributed by atoms with Gasteiger partial charge in [-0.15, -0.1) is 0 Å². The summed E-state index contributed by atoms with van der Waals surface area (Å²) in [6, 6.07) is 3.94. The smallest absolute Gasteiger partial charge is 0.306 e. The maximum atomic E-state index is 15.9. The number of carbonyl (C=O) groups excluding carboxylic acids is 3. The van der Waals surface area contributed by atoms with Crippen molar-refractivity contribution in [2.75, 3.05) is 26.9 Å². The normalized spacial score (nSPS) is 31.8. The highest BCUT2D eigenvalue weighted by Crippen LogP contribution is 2.45. The van der Waals surface area contributed by atoms with Gasteiger partial charge >= 0.3 is 5.97 Å². The van der Waals surface area contributed by atoms with Crippen molar-refractivity contribution in [3.8, 4) is 11.6 Å². The third kappa shape index (κ3) is 5.73. The second-order valence-electron chi connectivity index (χ2n) is 13.0. The molecule has 1 aliphatic carbocycles. The largest absolute Gasteiger partial charge is 0.497 e. The fourth-order valence-corrected chi connectivity index (χ4v) is 6.93. The molecule has 4 aliphatic rings. The number of nitrogens with zero attached hydrogens (tertiary/aromatic N) is 3. The molecule has 0 spiro atoms. The predicted octanol–water partition coefficient (Wildman–Crippen LogP) is 4.46. The molecule has 3 fully saturated rings. The first-order chi connectivity index (χ1) is 21.1. The van der Waals surface area contributed by atoms with E-state index in [2.05, 4.69) is 9.97 Å². The van der Waals surface area contributed by atoms with Crippen molar-refractivity contribution in [2.24, 2.45) is 23.2 Å². The molecule has 12 heteroatoms. The van der Waals surface area contributed by atoms with Crippen LogP contribution in [0.15, 0.2) is 18.2 Å². The number of carbonyl (C=O) groups is 3. The molecule has 0 N–H and O–H groups in total. The van der Waals surface area contributed by atoms with Crippen molar-refractivity contribution in [1.82, 2.24) is 14.9 Å². The first-order valence-corrected chi connectivity index (χ1v) is 15.5. The second kappa shape index (κ2) is 11.8. The average molecular weight is 616 g/mol. The molecule has 4 heterocycles. The van der Waals surface area contributed by atoms with Gasteiger partial charge in [0.25, 0.3) is 5.92 Å². The molecule has 3 aliphatic heterocycles. The molecule has 2 aromatic rings. The third-order valence-corrected chi connectivity index (χ3v) is 9.83. The van der Waals surface area contributed by atoms with Crippen LogP contribution in [0.2, 0.25) is 0 Å². The Morgan fingerprint density at radius 3 is 2.59 bits per heavy atom. The van der Waals surface area contributed by atoms with E-state index in [9.17, 15) is 14.4 Å². The number of alkyl halides is 2. The number of rotatable bonds is 4. The number of halogens is 2. The maximum Gasteiger partial charge on any atom is 0.306 e. The molecule has 6 atom stereocenters. The van der Waals surface area contributed by atoms with E-state index in [1.54, 1.807) is 18.2 Å². The summed E-state index contributed by atoms with van der Waals surface area (Å²) in [4.78, 5) is 50.0. The topological polar surface area (TPSA) is 117 Å². The van der Waals surface area contributed by atoms with Crippen molar-refractivity contribution < 1.29 is 42.1 Å². The summed E-state index contributed by atoms with van der Waals surface area (Å²) in [5, 5.41) is 0. The predicted molar refractivity (Wildman–Crippen MR) is 153 cm³/mol. The second-order valence-corrected chi connectivity index (χ2v) is 13.0. The number of amides is 1. The number of aromatic nitrogens is 2. The Labute approximate surface area is 254 Å². The number of esters is 1. The number of hydrogen-bond acceptors (Lipinski definition) is 9. The molecule has 2 saturated heterocycles. The van der Waals surface area contributed by atoms with Gasteiger partial charge in [-0.1, -0.05) is 20.3 Å². The first kappa shape index (κ1) is 30.6. The van der Waals surface area contributed by atoms with Gasteiger partial charge in [-0.3, -0.25) is 9.59 Å². The first-order valence-electron chi connectivity index (χ1n) is 15.5. The van der Waals surface area contributed by atoms with Crippen molar-refractivity contribution in [3.05, 3.63) is 23.9 Å². The summed E-state index contributed by atoms with van der Waals surface area (Å²) in [6.07, 6.45) is 1.59. The van der Waals surface area contributed by atoms with Crippen LogP contribution in [0.25, 0.3) is 11.0 Å². The Hall–Kier alpha value is -3.41. The van der Waals surface area contributed by atoms with Crippen molar-refractivity contribution in [3.63, 3.8) is 0 Å². The quantitative estimate of drug-likeness (QED) is 0.363. The van der Waals surface area contributed by atoms with Crippen molar-refractivity contribution in [1.29, 1.82) is 0 Å². The summed E-state index contributed by atoms with van der Waals surface area (Å²) in [5.41, 5.74) is -0.569. The van der Waals surface area contributed by atoms with E-state index in [1.807, 2.05) is 13.8 Å². The van der Waals surface area contributed by atoms with Gasteiger partial charge in [0, 0.05) is 23.8 Å². The lowest BCUT2D eigenvalue weighted by Gasteiger charge is -2.44. The zero-order valence-electron chi connectivity index (χ0n) is 25.3. The molecule has 0 radical (unpaired) electrons. The van der Waals surface area contributed by atoms with E-state index in [0.29, 0.717) is 56.4 Å². The van der Waals surface area contributed by atoms with Gasteiger partial charge in [0.15, 0.2) is 5.69 Å². The van der Waals surface area contributed by atoms with Crippen LogP contribution in [0.1, 0.15) is 64.5 Å². The minimum Gasteiger partial charge on any atom is -0.497 e. The average Bonchev–Trinajstić information content (AvgIpc) is 3.62. The molecule has 238 valence electrons. The van der Waals surface area contributed by atoms with Crippen molar-refractivity contribution in [2.45, 2.75) is 83.0 Å². The Morgan fingerprint density at radius 2 is 1.91 bits per heavy atom. The standard InChI is InChI=1S/C32H39F2N3O7/c1-4-20-24(15-38)37-14-26(20)44-29-28(35-22-9-8-19(41-3)12-23(22)36-29)32(33,34)10-6-5-7-18-11-25(18)43-27(39)13-21(30(37)40)31(2)16-42-17-31/h8-9,12,15,18,20-21,24-26H,4-7,10-11,13-14,16-17H2,1-3H3/t18-,20+,21-,24-,25-,26+/m1/s1. The van der Waals surface area contributed by atoms with Crippen LogP contribution in [0, 0.1) is 23.2 Å². The molecule has 0 unspecified atom stereocenters. The lowest BCUT2D eigenvalue weighted by atomic mass is 9.72. The molecular formula is C32H39F2N3O7. The van der Waals surface area contributed by atoms with Gasteiger partial charge in [0.1, 0.15) is 24.2 Å². The Balaban J connectivity index is 1.40. The lowest BCUT2D eigenvalue weighted by molar-refractivity contribution is -0.174. The highest BCUT2D eigenvalue weighted by Gasteiger charge is 2.53. The number of ether oxygens (including phenoxy) is 4. The number of benzene rings is 1. The van der Waals surface area contributed by atoms with Gasteiger partial charge in [-0.2, -0.15) is 8.78 Å². The molecule has 1 amide bonds. The Kier molecular flexibility index (Phi) is 8.23. The summed E-state index contributed by atoms with van der Waals surface area (Å²) in [6.45, 7) is 4.32. The van der Waals surface area contributed by atoms with E-state index >= 15 is 8.78 Å². The molecule has 1 aromatic carbocycles. The molecule has 10 nitrogen and oxygen atoms in total. The number of hydrogen-bond donors (Lipinski definition) is 0. The highest BCUT2D eigenvalue weighted by atomic mass is 19.3. The molecular weight excluding hydrogens is 576 g/mol. The molecule has 1 saturated carbocycles. The van der Waals surface area contributed by atoms with E-state index in [1.165, 1.54) is 12.0 Å². The van der Waals surface area contributed by atoms with Crippen LogP contribution < -0.4 is 9.47 Å². The van der Waals surface area contributed by atoms with Crippen LogP contribution in [0.4, 0.5) is 8.78 Å². The number of aldehydes is 1. The zero-order chi connectivity index (χ0) is 31.2. The van der Waals surface area contributed by atoms with Crippen LogP contribution in [-0.2, 0) is 29.8 Å². The van der Waals surface area contributed by atoms with Crippen LogP contribution in [0.3, 0.4) is 0 Å². The van der Waals surface area contributed by atoms with E-state index < -0.39 is 53.4 Å². The Morgan fingerprint density at radius 1 is 1.11 bits per heavy atom. The fourth-order valence-electron chi connectivity index (χ4n) is 6.93. The summed E-state index contributed by atoms with van der Waals surface area (Å²) in [5.74, 6) is -5.17. The molecule has 2 bridgehead atoms. The number of methoxy groups -OCH3 is 1. The fraction of sp³-hybridized carbons (Fsp3) is 0.656. The summed E-state index contributed by atoms with van der Waals surface area (Å²) in [7, 11) is 1.50. The van der Waals surface area contributed by atoms with Crippen LogP contribution in [-0.4, -0.2) is 78.1 Å². The van der Waals surface area contributed by atoms with Gasteiger partial charge in [0.2, 0.25) is 11.8 Å². The molecule has 1 aromatic heterocycles. The third-order valence-electron chi connectivity index (χ3n) is 9.83. The maximum absolute atomic E-state index is 15.9. The van der Waals surface area contributed by atoms with Crippen molar-refractivity contribution >= 4 is 29.2 Å². The summed E-state index contributed by atoms with van der Waals surface area (Å²) < 4.78 is 54.5. The monoisotopic (exact) mass is 615 g/mol. The van der Waals surface area contributed by atoms with Crippen LogP contribution >= 0.6 is 0 Å².